The zero-order valence-electron chi connectivity index (χ0n) is 5.06. The van der Waals surface area contributed by atoms with Crippen LogP contribution in [0.1, 0.15) is 5.69 Å². The van der Waals surface area contributed by atoms with Crippen LogP contribution in [0.2, 0.25) is 0 Å². The summed E-state index contributed by atoms with van der Waals surface area (Å²) in [6.07, 6.45) is 0. The van der Waals surface area contributed by atoms with E-state index >= 15 is 0 Å². The fraction of sp³-hybridized carbons (Fsp3) is 0.167. The van der Waals surface area contributed by atoms with Crippen LogP contribution in [0, 0.1) is 12.9 Å². The van der Waals surface area contributed by atoms with Gasteiger partial charge < -0.3 is 0 Å². The highest BCUT2D eigenvalue weighted by molar-refractivity contribution is 6.32. The highest BCUT2D eigenvalue weighted by Crippen LogP contribution is 1.91. The Kier molecular flexibility index (Phi) is 1.51. The van der Waals surface area contributed by atoms with Crippen molar-refractivity contribution in [3.63, 3.8) is 0 Å². The molecule has 1 aromatic heterocycles. The number of aromatic nitrogens is 1. The Morgan fingerprint density at radius 3 is 2.67 bits per heavy atom. The minimum absolute atomic E-state index is 0.417. The van der Waals surface area contributed by atoms with Gasteiger partial charge in [0.25, 0.3) is 0 Å². The molecule has 0 atom stereocenters. The van der Waals surface area contributed by atoms with Crippen LogP contribution in [0.3, 0.4) is 0 Å². The monoisotopic (exact) mass is 121 g/mol. The van der Waals surface area contributed by atoms with Crippen LogP contribution in [0.25, 0.3) is 0 Å². The summed E-state index contributed by atoms with van der Waals surface area (Å²) in [4.78, 5) is 3.49. The average Bonchev–Trinajstić information content (AvgIpc) is 1.59. The molecule has 0 spiro atoms. The third-order valence-corrected chi connectivity index (χ3v) is 0.944. The topological polar surface area (TPSA) is 12.9 Å². The van der Waals surface area contributed by atoms with Gasteiger partial charge in [0.15, 0.2) is 0 Å². The molecule has 0 fully saturated rings. The van der Waals surface area contributed by atoms with E-state index in [4.69, 9.17) is 7.85 Å². The number of hydrogen-bond donors (Lipinski definition) is 0. The second kappa shape index (κ2) is 2.17. The predicted octanol–water partition coefficient (Wildman–Crippen LogP) is 0.323. The van der Waals surface area contributed by atoms with Crippen LogP contribution in [0.5, 0.6) is 0 Å². The predicted molar refractivity (Wildman–Crippen MR) is 34.3 cm³/mol. The summed E-state index contributed by atoms with van der Waals surface area (Å²) in [5.41, 5.74) is 1.02. The van der Waals surface area contributed by atoms with E-state index in [9.17, 15) is 4.39 Å². The van der Waals surface area contributed by atoms with Gasteiger partial charge in [0.2, 0.25) is 5.95 Å². The van der Waals surface area contributed by atoms with Gasteiger partial charge in [-0.05, 0) is 19.1 Å². The Morgan fingerprint density at radius 1 is 1.56 bits per heavy atom. The fourth-order valence-electron chi connectivity index (χ4n) is 0.653. The highest BCUT2D eigenvalue weighted by atomic mass is 19.1. The van der Waals surface area contributed by atoms with Crippen molar-refractivity contribution in [1.29, 1.82) is 0 Å². The first kappa shape index (κ1) is 6.27. The molecule has 0 bridgehead atoms. The Labute approximate surface area is 54.3 Å². The van der Waals surface area contributed by atoms with E-state index in [2.05, 4.69) is 4.98 Å². The van der Waals surface area contributed by atoms with Crippen LogP contribution in [0.15, 0.2) is 12.1 Å². The molecular formula is C6H5BFN. The van der Waals surface area contributed by atoms with E-state index in [1.807, 2.05) is 0 Å². The van der Waals surface area contributed by atoms with Gasteiger partial charge in [-0.1, -0.05) is 5.46 Å². The molecule has 1 rings (SSSR count). The second-order valence-electron chi connectivity index (χ2n) is 1.86. The van der Waals surface area contributed by atoms with E-state index in [-0.39, 0.29) is 0 Å². The largest absolute Gasteiger partial charge is 0.225 e. The summed E-state index contributed by atoms with van der Waals surface area (Å²) in [5.74, 6) is -0.521. The van der Waals surface area contributed by atoms with E-state index < -0.39 is 5.95 Å². The maximum atomic E-state index is 12.2. The van der Waals surface area contributed by atoms with Gasteiger partial charge in [-0.2, -0.15) is 4.39 Å². The van der Waals surface area contributed by atoms with E-state index in [0.717, 1.165) is 0 Å². The smallest absolute Gasteiger partial charge is 0.212 e. The third kappa shape index (κ3) is 1.52. The lowest BCUT2D eigenvalue weighted by molar-refractivity contribution is 0.581. The van der Waals surface area contributed by atoms with Crippen LogP contribution in [0.4, 0.5) is 4.39 Å². The van der Waals surface area contributed by atoms with Gasteiger partial charge in [-0.15, -0.1) is 0 Å². The molecule has 0 aliphatic heterocycles. The lowest BCUT2D eigenvalue weighted by Crippen LogP contribution is -2.05. The quantitative estimate of drug-likeness (QED) is 0.355. The van der Waals surface area contributed by atoms with Crippen molar-refractivity contribution < 1.29 is 4.39 Å². The van der Waals surface area contributed by atoms with Crippen molar-refractivity contribution >= 4 is 13.3 Å². The molecule has 0 saturated heterocycles. The number of nitrogens with zero attached hydrogens (tertiary/aromatic N) is 1. The van der Waals surface area contributed by atoms with Gasteiger partial charge >= 0.3 is 0 Å². The first-order valence-electron chi connectivity index (χ1n) is 2.58. The van der Waals surface area contributed by atoms with Crippen molar-refractivity contribution in [2.75, 3.05) is 0 Å². The average molecular weight is 121 g/mol. The highest BCUT2D eigenvalue weighted by Gasteiger charge is 1.91. The number of aryl methyl sites for hydroxylation is 1. The van der Waals surface area contributed by atoms with Crippen LogP contribution in [-0.2, 0) is 0 Å². The van der Waals surface area contributed by atoms with E-state index in [1.165, 1.54) is 6.07 Å². The molecule has 0 amide bonds. The Hall–Kier alpha value is -0.855. The molecule has 0 aromatic carbocycles. The molecule has 0 aliphatic carbocycles. The summed E-state index contributed by atoms with van der Waals surface area (Å²) in [7, 11) is 5.28. The third-order valence-electron chi connectivity index (χ3n) is 0.944. The van der Waals surface area contributed by atoms with Crippen LogP contribution in [-0.4, -0.2) is 12.8 Å². The fourth-order valence-corrected chi connectivity index (χ4v) is 0.653. The molecule has 1 aromatic rings. The molecule has 3 heteroatoms. The Bertz CT molecular complexity index is 174. The molecule has 2 radical (unpaired) electrons. The first-order valence-corrected chi connectivity index (χ1v) is 2.58. The zero-order chi connectivity index (χ0) is 6.85. The van der Waals surface area contributed by atoms with E-state index in [0.29, 0.717) is 11.2 Å². The van der Waals surface area contributed by atoms with Crippen molar-refractivity contribution in [3.05, 3.63) is 23.8 Å². The molecule has 9 heavy (non-hydrogen) atoms. The molecular weight excluding hydrogens is 116 g/mol. The number of hydrogen-bond acceptors (Lipinski definition) is 1. The summed E-state index contributed by atoms with van der Waals surface area (Å²) in [5, 5.41) is 0. The molecule has 0 N–H and O–H groups in total. The molecule has 0 saturated carbocycles. The molecule has 0 unspecified atom stereocenters. The molecule has 0 aliphatic rings. The zero-order valence-corrected chi connectivity index (χ0v) is 5.06. The normalized spacial score (nSPS) is 9.56. The second-order valence-corrected chi connectivity index (χ2v) is 1.86. The Morgan fingerprint density at radius 2 is 2.22 bits per heavy atom. The molecule has 1 nitrogen and oxygen atoms in total. The lowest BCUT2D eigenvalue weighted by Gasteiger charge is -1.93. The van der Waals surface area contributed by atoms with Gasteiger partial charge in [-0.25, -0.2) is 4.98 Å². The maximum Gasteiger partial charge on any atom is 0.212 e. The van der Waals surface area contributed by atoms with Crippen molar-refractivity contribution in [2.24, 2.45) is 0 Å². The summed E-state index contributed by atoms with van der Waals surface area (Å²) < 4.78 is 12.2. The lowest BCUT2D eigenvalue weighted by atomic mass is 9.97. The molecule has 1 heterocycles. The summed E-state index contributed by atoms with van der Waals surface area (Å²) in [6.45, 7) is 1.69. The maximum absolute atomic E-state index is 12.2. The summed E-state index contributed by atoms with van der Waals surface area (Å²) in [6, 6.07) is 2.80. The van der Waals surface area contributed by atoms with Crippen molar-refractivity contribution in [3.8, 4) is 0 Å². The van der Waals surface area contributed by atoms with Crippen molar-refractivity contribution in [1.82, 2.24) is 4.98 Å². The number of halogens is 1. The number of rotatable bonds is 0. The standard InChI is InChI=1S/C6H5BFN/c1-4-2-5(7)3-6(8)9-4/h2-3H,1H3. The van der Waals surface area contributed by atoms with Crippen molar-refractivity contribution in [2.45, 2.75) is 6.92 Å². The first-order chi connectivity index (χ1) is 4.18. The van der Waals surface area contributed by atoms with Gasteiger partial charge in [0.1, 0.15) is 7.85 Å². The molecule has 44 valence electrons. The van der Waals surface area contributed by atoms with Gasteiger partial charge in [-0.3, -0.25) is 0 Å². The van der Waals surface area contributed by atoms with Crippen LogP contribution < -0.4 is 5.46 Å². The Balaban J connectivity index is 3.17. The SMILES string of the molecule is [B]c1cc(C)nc(F)c1. The number of pyridine rings is 1. The minimum atomic E-state index is -0.521. The minimum Gasteiger partial charge on any atom is -0.225 e. The van der Waals surface area contributed by atoms with Crippen LogP contribution >= 0.6 is 0 Å². The van der Waals surface area contributed by atoms with Gasteiger partial charge in [0.05, 0.1) is 0 Å². The van der Waals surface area contributed by atoms with E-state index in [1.54, 1.807) is 13.0 Å². The van der Waals surface area contributed by atoms with Gasteiger partial charge in [0, 0.05) is 5.69 Å². The summed E-state index contributed by atoms with van der Waals surface area (Å²) >= 11 is 0.